The molecule has 1 heterocycles. The third-order valence-corrected chi connectivity index (χ3v) is 4.66. The van der Waals surface area contributed by atoms with E-state index in [9.17, 15) is 5.11 Å². The third kappa shape index (κ3) is 4.83. The Morgan fingerprint density at radius 2 is 1.74 bits per heavy atom. The van der Waals surface area contributed by atoms with Gasteiger partial charge < -0.3 is 10.0 Å². The number of nitrogens with zero attached hydrogens (tertiary/aromatic N) is 1. The second-order valence-electron chi connectivity index (χ2n) is 5.33. The summed E-state index contributed by atoms with van der Waals surface area (Å²) in [6.45, 7) is 3.43. The summed E-state index contributed by atoms with van der Waals surface area (Å²) < 4.78 is 0. The summed E-state index contributed by atoms with van der Waals surface area (Å²) in [6.07, 6.45) is 7.98. The highest BCUT2D eigenvalue weighted by Crippen LogP contribution is 2.21. The molecule has 2 rings (SSSR count). The van der Waals surface area contributed by atoms with Crippen LogP contribution < -0.4 is 0 Å². The molecular weight excluding hydrogens is 254 g/mol. The molecule has 0 bridgehead atoms. The Kier molecular flexibility index (Phi) is 6.21. The minimum absolute atomic E-state index is 0.320. The van der Waals surface area contributed by atoms with Gasteiger partial charge in [0.15, 0.2) is 0 Å². The van der Waals surface area contributed by atoms with Crippen LogP contribution in [0.25, 0.3) is 0 Å². The van der Waals surface area contributed by atoms with Gasteiger partial charge >= 0.3 is 0 Å². The van der Waals surface area contributed by atoms with E-state index < -0.39 is 0 Å². The summed E-state index contributed by atoms with van der Waals surface area (Å²) in [5.41, 5.74) is 1.05. The van der Waals surface area contributed by atoms with E-state index in [-0.39, 0.29) is 6.10 Å². The van der Waals surface area contributed by atoms with Gasteiger partial charge in [0.2, 0.25) is 0 Å². The van der Waals surface area contributed by atoms with Crippen LogP contribution in [0.2, 0.25) is 0 Å². The predicted molar refractivity (Wildman–Crippen MR) is 82.7 cm³/mol. The van der Waals surface area contributed by atoms with Gasteiger partial charge in [-0.3, -0.25) is 0 Å². The van der Waals surface area contributed by atoms with Crippen molar-refractivity contribution in [3.05, 3.63) is 29.8 Å². The Morgan fingerprint density at radius 1 is 1.11 bits per heavy atom. The maximum absolute atomic E-state index is 10.3. The highest BCUT2D eigenvalue weighted by atomic mass is 32.2. The Labute approximate surface area is 121 Å². The van der Waals surface area contributed by atoms with E-state index in [1.807, 2.05) is 0 Å². The van der Waals surface area contributed by atoms with E-state index in [0.29, 0.717) is 0 Å². The van der Waals surface area contributed by atoms with E-state index in [4.69, 9.17) is 0 Å². The fraction of sp³-hybridized carbons (Fsp3) is 0.625. The van der Waals surface area contributed by atoms with Crippen molar-refractivity contribution in [1.29, 1.82) is 0 Å². The van der Waals surface area contributed by atoms with Gasteiger partial charge in [-0.2, -0.15) is 0 Å². The largest absolute Gasteiger partial charge is 0.388 e. The molecule has 0 radical (unpaired) electrons. The molecule has 1 N–H and O–H groups in total. The highest BCUT2D eigenvalue weighted by Gasteiger charge is 2.12. The lowest BCUT2D eigenvalue weighted by Gasteiger charge is -2.21. The van der Waals surface area contributed by atoms with Crippen molar-refractivity contribution in [2.45, 2.75) is 43.1 Å². The molecule has 0 spiro atoms. The second kappa shape index (κ2) is 7.93. The summed E-state index contributed by atoms with van der Waals surface area (Å²) in [5, 5.41) is 10.3. The quantitative estimate of drug-likeness (QED) is 0.831. The van der Waals surface area contributed by atoms with Gasteiger partial charge in [-0.15, -0.1) is 11.8 Å². The molecule has 1 unspecified atom stereocenters. The average Bonchev–Trinajstić information content (AvgIpc) is 2.73. The van der Waals surface area contributed by atoms with Crippen molar-refractivity contribution in [2.24, 2.45) is 0 Å². The van der Waals surface area contributed by atoms with Crippen LogP contribution in [0.15, 0.2) is 29.2 Å². The molecule has 1 atom stereocenters. The molecule has 1 aliphatic heterocycles. The van der Waals surface area contributed by atoms with Crippen LogP contribution in [-0.4, -0.2) is 35.9 Å². The summed E-state index contributed by atoms with van der Waals surface area (Å²) in [4.78, 5) is 3.76. The third-order valence-electron chi connectivity index (χ3n) is 3.92. The molecular formula is C16H25NOS. The fourth-order valence-corrected chi connectivity index (χ4v) is 3.07. The van der Waals surface area contributed by atoms with Crippen LogP contribution in [-0.2, 0) is 0 Å². The second-order valence-corrected chi connectivity index (χ2v) is 6.21. The molecule has 106 valence electrons. The number of rotatable bonds is 5. The Bertz CT molecular complexity index is 358. The standard InChI is InChI=1S/C16H25NOS/c1-19-15-8-6-14(7-9-15)16(18)10-13-17-11-4-2-3-5-12-17/h6-9,16,18H,2-5,10-13H2,1H3. The van der Waals surface area contributed by atoms with Gasteiger partial charge in [-0.25, -0.2) is 0 Å². The first-order valence-electron chi connectivity index (χ1n) is 7.34. The minimum atomic E-state index is -0.320. The van der Waals surface area contributed by atoms with Gasteiger partial charge in [0.1, 0.15) is 0 Å². The lowest BCUT2D eigenvalue weighted by molar-refractivity contribution is 0.143. The topological polar surface area (TPSA) is 23.5 Å². The van der Waals surface area contributed by atoms with Crippen molar-refractivity contribution < 1.29 is 5.11 Å². The molecule has 1 saturated heterocycles. The summed E-state index contributed by atoms with van der Waals surface area (Å²) in [5.74, 6) is 0. The van der Waals surface area contributed by atoms with Gasteiger partial charge in [-0.05, 0) is 56.3 Å². The number of aliphatic hydroxyl groups excluding tert-OH is 1. The Balaban J connectivity index is 1.80. The van der Waals surface area contributed by atoms with Gasteiger partial charge in [0.25, 0.3) is 0 Å². The zero-order valence-corrected chi connectivity index (χ0v) is 12.7. The van der Waals surface area contributed by atoms with Crippen LogP contribution in [0.1, 0.15) is 43.8 Å². The monoisotopic (exact) mass is 279 g/mol. The fourth-order valence-electron chi connectivity index (χ4n) is 2.66. The van der Waals surface area contributed by atoms with E-state index in [2.05, 4.69) is 35.4 Å². The zero-order valence-electron chi connectivity index (χ0n) is 11.8. The molecule has 2 nitrogen and oxygen atoms in total. The Morgan fingerprint density at radius 3 is 2.32 bits per heavy atom. The van der Waals surface area contributed by atoms with E-state index >= 15 is 0 Å². The van der Waals surface area contributed by atoms with Gasteiger partial charge in [0, 0.05) is 11.4 Å². The maximum Gasteiger partial charge on any atom is 0.0802 e. The number of hydrogen-bond donors (Lipinski definition) is 1. The number of hydrogen-bond acceptors (Lipinski definition) is 3. The van der Waals surface area contributed by atoms with Crippen LogP contribution in [0, 0.1) is 0 Å². The molecule has 1 aliphatic rings. The van der Waals surface area contributed by atoms with Crippen LogP contribution in [0.5, 0.6) is 0 Å². The normalized spacial score (nSPS) is 19.1. The van der Waals surface area contributed by atoms with E-state index in [1.54, 1.807) is 11.8 Å². The molecule has 3 heteroatoms. The lowest BCUT2D eigenvalue weighted by atomic mass is 10.1. The molecule has 0 aliphatic carbocycles. The first kappa shape index (κ1) is 14.9. The summed E-state index contributed by atoms with van der Waals surface area (Å²) in [6, 6.07) is 8.29. The van der Waals surface area contributed by atoms with Crippen molar-refractivity contribution in [2.75, 3.05) is 25.9 Å². The molecule has 0 amide bonds. The number of likely N-dealkylation sites (tertiary alicyclic amines) is 1. The summed E-state index contributed by atoms with van der Waals surface area (Å²) >= 11 is 1.74. The van der Waals surface area contributed by atoms with Gasteiger partial charge in [0.05, 0.1) is 6.10 Å². The van der Waals surface area contributed by atoms with Gasteiger partial charge in [-0.1, -0.05) is 25.0 Å². The van der Waals surface area contributed by atoms with Crippen molar-refractivity contribution in [3.63, 3.8) is 0 Å². The van der Waals surface area contributed by atoms with E-state index in [1.165, 1.54) is 43.7 Å². The van der Waals surface area contributed by atoms with Crippen LogP contribution in [0.3, 0.4) is 0 Å². The smallest absolute Gasteiger partial charge is 0.0802 e. The molecule has 1 aromatic carbocycles. The SMILES string of the molecule is CSc1ccc(C(O)CCN2CCCCCC2)cc1. The van der Waals surface area contributed by atoms with Crippen molar-refractivity contribution in [1.82, 2.24) is 4.90 Å². The molecule has 0 aromatic heterocycles. The number of benzene rings is 1. The maximum atomic E-state index is 10.3. The molecule has 0 saturated carbocycles. The predicted octanol–water partition coefficient (Wildman–Crippen LogP) is 3.71. The molecule has 1 aromatic rings. The first-order chi connectivity index (χ1) is 9.29. The minimum Gasteiger partial charge on any atom is -0.388 e. The summed E-state index contributed by atoms with van der Waals surface area (Å²) in [7, 11) is 0. The van der Waals surface area contributed by atoms with E-state index in [0.717, 1.165) is 18.5 Å². The molecule has 1 fully saturated rings. The van der Waals surface area contributed by atoms with Crippen LogP contribution >= 0.6 is 11.8 Å². The average molecular weight is 279 g/mol. The zero-order chi connectivity index (χ0) is 13.5. The van der Waals surface area contributed by atoms with Crippen molar-refractivity contribution >= 4 is 11.8 Å². The van der Waals surface area contributed by atoms with Crippen LogP contribution in [0.4, 0.5) is 0 Å². The highest BCUT2D eigenvalue weighted by molar-refractivity contribution is 7.98. The first-order valence-corrected chi connectivity index (χ1v) is 8.56. The number of thioether (sulfide) groups is 1. The number of aliphatic hydroxyl groups is 1. The molecule has 19 heavy (non-hydrogen) atoms. The lowest BCUT2D eigenvalue weighted by Crippen LogP contribution is -2.26. The Hall–Kier alpha value is -0.510. The van der Waals surface area contributed by atoms with Crippen molar-refractivity contribution in [3.8, 4) is 0 Å².